The van der Waals surface area contributed by atoms with E-state index in [-0.39, 0.29) is 5.02 Å². The molecular formula is C20H18ClFN4O. The summed E-state index contributed by atoms with van der Waals surface area (Å²) in [5.74, 6) is 1.24. The van der Waals surface area contributed by atoms with E-state index in [1.165, 1.54) is 18.2 Å². The van der Waals surface area contributed by atoms with Crippen LogP contribution in [0.2, 0.25) is 5.02 Å². The van der Waals surface area contributed by atoms with Gasteiger partial charge in [0, 0.05) is 12.1 Å². The quantitative estimate of drug-likeness (QED) is 0.624. The lowest BCUT2D eigenvalue weighted by molar-refractivity contribution is 0.0940. The molecule has 0 saturated carbocycles. The minimum Gasteiger partial charge on any atom is -0.478 e. The number of hydrogen-bond donors (Lipinski definition) is 0. The fraction of sp³-hybridized carbons (Fsp3) is 0.250. The largest absolute Gasteiger partial charge is 0.478 e. The van der Waals surface area contributed by atoms with E-state index in [1.54, 1.807) is 12.1 Å². The molecule has 0 atom stereocenters. The standard InChI is InChI=1S/C20H18ClFN4O/c1-4-26-18(14-7-5-13(12-23)6-8-14)24-25-19(26)20(2,3)27-17-10-9-15(22)11-16(17)21/h5-11H,4H2,1-3H3. The van der Waals surface area contributed by atoms with E-state index in [4.69, 9.17) is 21.6 Å². The van der Waals surface area contributed by atoms with Crippen molar-refractivity contribution < 1.29 is 9.13 Å². The van der Waals surface area contributed by atoms with Crippen LogP contribution < -0.4 is 4.74 Å². The van der Waals surface area contributed by atoms with E-state index in [0.29, 0.717) is 29.5 Å². The first-order chi connectivity index (χ1) is 12.9. The highest BCUT2D eigenvalue weighted by Crippen LogP contribution is 2.33. The van der Waals surface area contributed by atoms with Crippen molar-refractivity contribution in [3.63, 3.8) is 0 Å². The normalized spacial score (nSPS) is 11.3. The third-order valence-electron chi connectivity index (χ3n) is 4.14. The summed E-state index contributed by atoms with van der Waals surface area (Å²) in [6.45, 7) is 6.32. The second-order valence-corrected chi connectivity index (χ2v) is 6.87. The van der Waals surface area contributed by atoms with Gasteiger partial charge in [0.15, 0.2) is 17.2 Å². The second-order valence-electron chi connectivity index (χ2n) is 6.47. The Labute approximate surface area is 162 Å². The molecule has 0 aliphatic rings. The van der Waals surface area contributed by atoms with Crippen molar-refractivity contribution >= 4 is 11.6 Å². The van der Waals surface area contributed by atoms with E-state index < -0.39 is 11.4 Å². The van der Waals surface area contributed by atoms with E-state index in [1.807, 2.05) is 37.5 Å². The summed E-state index contributed by atoms with van der Waals surface area (Å²) in [5, 5.41) is 17.8. The Morgan fingerprint density at radius 1 is 1.19 bits per heavy atom. The van der Waals surface area contributed by atoms with Crippen molar-refractivity contribution in [1.29, 1.82) is 5.26 Å². The zero-order valence-electron chi connectivity index (χ0n) is 15.2. The number of nitrogens with zero attached hydrogens (tertiary/aromatic N) is 4. The van der Waals surface area contributed by atoms with Gasteiger partial charge in [-0.05, 0) is 63.2 Å². The molecule has 0 bridgehead atoms. The first kappa shape index (κ1) is 18.9. The molecule has 0 unspecified atom stereocenters. The van der Waals surface area contributed by atoms with Crippen LogP contribution in [0.4, 0.5) is 4.39 Å². The zero-order chi connectivity index (χ0) is 19.6. The fourth-order valence-electron chi connectivity index (χ4n) is 2.83. The minimum absolute atomic E-state index is 0.193. The fourth-order valence-corrected chi connectivity index (χ4v) is 3.04. The van der Waals surface area contributed by atoms with Crippen LogP contribution >= 0.6 is 11.6 Å². The van der Waals surface area contributed by atoms with Crippen LogP contribution in [-0.2, 0) is 12.1 Å². The predicted octanol–water partition coefficient (Wildman–Crippen LogP) is 4.94. The van der Waals surface area contributed by atoms with Crippen LogP contribution in [0.5, 0.6) is 5.75 Å². The van der Waals surface area contributed by atoms with Gasteiger partial charge in [-0.15, -0.1) is 10.2 Å². The lowest BCUT2D eigenvalue weighted by atomic mass is 10.1. The van der Waals surface area contributed by atoms with Gasteiger partial charge in [0.25, 0.3) is 0 Å². The van der Waals surface area contributed by atoms with Crippen molar-refractivity contribution in [3.05, 3.63) is 64.7 Å². The molecule has 138 valence electrons. The Balaban J connectivity index is 1.98. The number of halogens is 2. The third-order valence-corrected chi connectivity index (χ3v) is 4.43. The summed E-state index contributed by atoms with van der Waals surface area (Å²) in [7, 11) is 0. The Morgan fingerprint density at radius 2 is 1.89 bits per heavy atom. The minimum atomic E-state index is -0.852. The number of nitriles is 1. The van der Waals surface area contributed by atoms with Crippen LogP contribution in [0.25, 0.3) is 11.4 Å². The highest BCUT2D eigenvalue weighted by Gasteiger charge is 2.31. The number of aromatic nitrogens is 3. The van der Waals surface area contributed by atoms with Gasteiger partial charge in [-0.1, -0.05) is 11.6 Å². The first-order valence-corrected chi connectivity index (χ1v) is 8.81. The van der Waals surface area contributed by atoms with Crippen molar-refractivity contribution in [1.82, 2.24) is 14.8 Å². The van der Waals surface area contributed by atoms with Crippen LogP contribution in [0.15, 0.2) is 42.5 Å². The lowest BCUT2D eigenvalue weighted by Crippen LogP contribution is -2.30. The van der Waals surface area contributed by atoms with Gasteiger partial charge in [-0.3, -0.25) is 0 Å². The van der Waals surface area contributed by atoms with Gasteiger partial charge in [0.05, 0.1) is 16.7 Å². The molecule has 1 heterocycles. The van der Waals surface area contributed by atoms with Gasteiger partial charge < -0.3 is 9.30 Å². The second kappa shape index (κ2) is 7.37. The van der Waals surface area contributed by atoms with Gasteiger partial charge >= 0.3 is 0 Å². The molecule has 3 rings (SSSR count). The Bertz CT molecular complexity index is 1010. The highest BCUT2D eigenvalue weighted by atomic mass is 35.5. The molecule has 0 aliphatic carbocycles. The van der Waals surface area contributed by atoms with Crippen molar-refractivity contribution in [2.75, 3.05) is 0 Å². The van der Waals surface area contributed by atoms with E-state index in [2.05, 4.69) is 16.3 Å². The Kier molecular flexibility index (Phi) is 5.15. The third kappa shape index (κ3) is 3.79. The molecule has 7 heteroatoms. The maximum atomic E-state index is 13.3. The molecule has 0 N–H and O–H groups in total. The number of rotatable bonds is 5. The van der Waals surface area contributed by atoms with E-state index >= 15 is 0 Å². The number of benzene rings is 2. The monoisotopic (exact) mass is 384 g/mol. The molecule has 1 aromatic heterocycles. The molecule has 0 fully saturated rings. The molecule has 0 radical (unpaired) electrons. The average molecular weight is 385 g/mol. The molecule has 27 heavy (non-hydrogen) atoms. The van der Waals surface area contributed by atoms with Gasteiger partial charge in [0.1, 0.15) is 11.6 Å². The summed E-state index contributed by atoms with van der Waals surface area (Å²) in [5.41, 5.74) is 0.580. The Morgan fingerprint density at radius 3 is 2.48 bits per heavy atom. The molecular weight excluding hydrogens is 367 g/mol. The topological polar surface area (TPSA) is 63.7 Å². The average Bonchev–Trinajstić information content (AvgIpc) is 3.09. The van der Waals surface area contributed by atoms with Crippen LogP contribution in [-0.4, -0.2) is 14.8 Å². The van der Waals surface area contributed by atoms with Crippen LogP contribution in [0, 0.1) is 17.1 Å². The highest BCUT2D eigenvalue weighted by molar-refractivity contribution is 6.32. The van der Waals surface area contributed by atoms with Crippen molar-refractivity contribution in [2.24, 2.45) is 0 Å². The lowest BCUT2D eigenvalue weighted by Gasteiger charge is -2.26. The summed E-state index contributed by atoms with van der Waals surface area (Å²) in [6.07, 6.45) is 0. The van der Waals surface area contributed by atoms with Crippen LogP contribution in [0.1, 0.15) is 32.2 Å². The smallest absolute Gasteiger partial charge is 0.177 e. The van der Waals surface area contributed by atoms with Crippen molar-refractivity contribution in [2.45, 2.75) is 32.9 Å². The number of hydrogen-bond acceptors (Lipinski definition) is 4. The molecule has 0 saturated heterocycles. The molecule has 0 amide bonds. The summed E-state index contributed by atoms with van der Waals surface area (Å²) in [6, 6.07) is 13.2. The Hall–Kier alpha value is -2.91. The molecule has 2 aromatic carbocycles. The zero-order valence-corrected chi connectivity index (χ0v) is 16.0. The van der Waals surface area contributed by atoms with Gasteiger partial charge in [-0.25, -0.2) is 4.39 Å². The summed E-state index contributed by atoms with van der Waals surface area (Å²) < 4.78 is 21.3. The molecule has 0 spiro atoms. The van der Waals surface area contributed by atoms with Crippen molar-refractivity contribution in [3.8, 4) is 23.2 Å². The number of ether oxygens (including phenoxy) is 1. The van der Waals surface area contributed by atoms with Crippen LogP contribution in [0.3, 0.4) is 0 Å². The maximum absolute atomic E-state index is 13.3. The van der Waals surface area contributed by atoms with Gasteiger partial charge in [-0.2, -0.15) is 5.26 Å². The van der Waals surface area contributed by atoms with E-state index in [0.717, 1.165) is 5.56 Å². The maximum Gasteiger partial charge on any atom is 0.177 e. The molecule has 0 aliphatic heterocycles. The van der Waals surface area contributed by atoms with E-state index in [9.17, 15) is 4.39 Å². The van der Waals surface area contributed by atoms with Gasteiger partial charge in [0.2, 0.25) is 0 Å². The molecule has 5 nitrogen and oxygen atoms in total. The summed E-state index contributed by atoms with van der Waals surface area (Å²) in [4.78, 5) is 0. The first-order valence-electron chi connectivity index (χ1n) is 8.44. The summed E-state index contributed by atoms with van der Waals surface area (Å²) >= 11 is 6.09. The SMILES string of the molecule is CCn1c(-c2ccc(C#N)cc2)nnc1C(C)(C)Oc1ccc(F)cc1Cl. The predicted molar refractivity (Wildman–Crippen MR) is 101 cm³/mol. The molecule has 3 aromatic rings.